The lowest BCUT2D eigenvalue weighted by Gasteiger charge is -2.02. The molecule has 0 aliphatic heterocycles. The minimum Gasteiger partial charge on any atom is -0.310 e. The molecule has 68 valence electrons. The summed E-state index contributed by atoms with van der Waals surface area (Å²) in [6, 6.07) is 0. The molecule has 12 heavy (non-hydrogen) atoms. The van der Waals surface area contributed by atoms with Gasteiger partial charge in [0.15, 0.2) is 0 Å². The summed E-state index contributed by atoms with van der Waals surface area (Å²) in [7, 11) is 0. The third kappa shape index (κ3) is 5.93. The minimum absolute atomic E-state index is 0.542. The van der Waals surface area contributed by atoms with E-state index in [1.807, 2.05) is 6.08 Å². The number of hydrogen-bond acceptors (Lipinski definition) is 1. The zero-order valence-electron chi connectivity index (χ0n) is 8.14. The van der Waals surface area contributed by atoms with Gasteiger partial charge in [0.25, 0.3) is 0 Å². The summed E-state index contributed by atoms with van der Waals surface area (Å²) in [5.41, 5.74) is 1.18. The van der Waals surface area contributed by atoms with Crippen LogP contribution in [-0.2, 0) is 0 Å². The highest BCUT2D eigenvalue weighted by Gasteiger charge is 1.92. The maximum absolute atomic E-state index is 3.94. The molecule has 0 aliphatic rings. The lowest BCUT2D eigenvalue weighted by Crippen LogP contribution is -2.12. The molecule has 0 saturated heterocycles. The second-order valence-corrected chi connectivity index (χ2v) is 3.08. The molecule has 0 aromatic rings. The Hall–Kier alpha value is -0.820. The first kappa shape index (κ1) is 11.2. The normalized spacial score (nSPS) is 10.9. The summed E-state index contributed by atoms with van der Waals surface area (Å²) in [4.78, 5) is 0. The van der Waals surface area contributed by atoms with Crippen LogP contribution in [0.1, 0.15) is 13.8 Å². The molecule has 0 fully saturated rings. The summed E-state index contributed by atoms with van der Waals surface area (Å²) < 4.78 is 0. The molecule has 0 aliphatic carbocycles. The van der Waals surface area contributed by atoms with E-state index in [2.05, 4.69) is 44.5 Å². The van der Waals surface area contributed by atoms with Crippen LogP contribution in [0, 0.1) is 5.92 Å². The van der Waals surface area contributed by atoms with Gasteiger partial charge in [0.05, 0.1) is 0 Å². The van der Waals surface area contributed by atoms with Crippen LogP contribution in [0.2, 0.25) is 0 Å². The van der Waals surface area contributed by atoms with E-state index < -0.39 is 0 Å². The second kappa shape index (κ2) is 6.86. The van der Waals surface area contributed by atoms with Gasteiger partial charge in [-0.2, -0.15) is 0 Å². The molecule has 1 nitrogen and oxygen atoms in total. The summed E-state index contributed by atoms with van der Waals surface area (Å²) in [5.74, 6) is 0.542. The van der Waals surface area contributed by atoms with Crippen molar-refractivity contribution in [3.05, 3.63) is 37.0 Å². The lowest BCUT2D eigenvalue weighted by atomic mass is 10.1. The van der Waals surface area contributed by atoms with Gasteiger partial charge in [-0.25, -0.2) is 0 Å². The van der Waals surface area contributed by atoms with Crippen molar-refractivity contribution in [2.24, 2.45) is 5.92 Å². The van der Waals surface area contributed by atoms with Crippen molar-refractivity contribution in [2.75, 3.05) is 13.1 Å². The van der Waals surface area contributed by atoms with Crippen LogP contribution in [0.5, 0.6) is 0 Å². The molecule has 0 saturated carbocycles. The van der Waals surface area contributed by atoms with E-state index in [-0.39, 0.29) is 0 Å². The van der Waals surface area contributed by atoms with Crippen LogP contribution in [0.3, 0.4) is 0 Å². The molecule has 0 aromatic carbocycles. The van der Waals surface area contributed by atoms with Crippen LogP contribution in [0.25, 0.3) is 0 Å². The van der Waals surface area contributed by atoms with Crippen molar-refractivity contribution < 1.29 is 0 Å². The first-order chi connectivity index (χ1) is 5.68. The molecular formula is C11H19N. The SMILES string of the molecule is C=CCNC/C=C/C(=C)C(C)C. The Labute approximate surface area is 75.9 Å². The quantitative estimate of drug-likeness (QED) is 0.362. The average Bonchev–Trinajstić information content (AvgIpc) is 2.03. The van der Waals surface area contributed by atoms with E-state index >= 15 is 0 Å². The van der Waals surface area contributed by atoms with Gasteiger partial charge in [-0.1, -0.05) is 44.2 Å². The van der Waals surface area contributed by atoms with E-state index in [1.54, 1.807) is 0 Å². The van der Waals surface area contributed by atoms with Crippen molar-refractivity contribution in [2.45, 2.75) is 13.8 Å². The zero-order valence-corrected chi connectivity index (χ0v) is 8.14. The highest BCUT2D eigenvalue weighted by molar-refractivity contribution is 5.16. The van der Waals surface area contributed by atoms with Crippen molar-refractivity contribution in [3.63, 3.8) is 0 Å². The van der Waals surface area contributed by atoms with Gasteiger partial charge >= 0.3 is 0 Å². The molecule has 0 radical (unpaired) electrons. The maximum Gasteiger partial charge on any atom is 0.0141 e. The molecule has 1 heteroatoms. The standard InChI is InChI=1S/C11H19N/c1-5-8-12-9-6-7-11(4)10(2)3/h5-7,10,12H,1,4,8-9H2,2-3H3/b7-6+. The van der Waals surface area contributed by atoms with Gasteiger partial charge in [0.1, 0.15) is 0 Å². The van der Waals surface area contributed by atoms with E-state index in [4.69, 9.17) is 0 Å². The Morgan fingerprint density at radius 3 is 2.58 bits per heavy atom. The highest BCUT2D eigenvalue weighted by Crippen LogP contribution is 2.06. The van der Waals surface area contributed by atoms with Crippen molar-refractivity contribution in [3.8, 4) is 0 Å². The predicted octanol–water partition coefficient (Wildman–Crippen LogP) is 2.53. The summed E-state index contributed by atoms with van der Waals surface area (Å²) in [6.45, 7) is 13.6. The van der Waals surface area contributed by atoms with Crippen LogP contribution in [0.15, 0.2) is 37.0 Å². The van der Waals surface area contributed by atoms with Gasteiger partial charge in [0.2, 0.25) is 0 Å². The number of hydrogen-bond donors (Lipinski definition) is 1. The zero-order chi connectivity index (χ0) is 9.40. The molecular weight excluding hydrogens is 146 g/mol. The van der Waals surface area contributed by atoms with Crippen LogP contribution in [0.4, 0.5) is 0 Å². The molecule has 0 rings (SSSR count). The Balaban J connectivity index is 3.48. The van der Waals surface area contributed by atoms with Gasteiger partial charge in [0, 0.05) is 13.1 Å². The second-order valence-electron chi connectivity index (χ2n) is 3.08. The van der Waals surface area contributed by atoms with Gasteiger partial charge < -0.3 is 5.32 Å². The Morgan fingerprint density at radius 2 is 2.08 bits per heavy atom. The van der Waals surface area contributed by atoms with E-state index in [0.29, 0.717) is 5.92 Å². The third-order valence-corrected chi connectivity index (χ3v) is 1.62. The first-order valence-electron chi connectivity index (χ1n) is 4.35. The van der Waals surface area contributed by atoms with Crippen molar-refractivity contribution in [1.29, 1.82) is 0 Å². The average molecular weight is 165 g/mol. The smallest absolute Gasteiger partial charge is 0.0141 e. The summed E-state index contributed by atoms with van der Waals surface area (Å²) in [6.07, 6.45) is 6.01. The summed E-state index contributed by atoms with van der Waals surface area (Å²) in [5, 5.41) is 3.18. The van der Waals surface area contributed by atoms with Crippen LogP contribution >= 0.6 is 0 Å². The minimum atomic E-state index is 0.542. The fourth-order valence-electron chi connectivity index (χ4n) is 0.671. The van der Waals surface area contributed by atoms with Crippen LogP contribution in [-0.4, -0.2) is 13.1 Å². The highest BCUT2D eigenvalue weighted by atomic mass is 14.8. The van der Waals surface area contributed by atoms with Crippen molar-refractivity contribution >= 4 is 0 Å². The first-order valence-corrected chi connectivity index (χ1v) is 4.35. The van der Waals surface area contributed by atoms with Crippen LogP contribution < -0.4 is 5.32 Å². The Morgan fingerprint density at radius 1 is 1.42 bits per heavy atom. The topological polar surface area (TPSA) is 12.0 Å². The predicted molar refractivity (Wildman–Crippen MR) is 56.2 cm³/mol. The molecule has 0 unspecified atom stereocenters. The largest absolute Gasteiger partial charge is 0.310 e. The molecule has 0 atom stereocenters. The Bertz CT molecular complexity index is 166. The van der Waals surface area contributed by atoms with Gasteiger partial charge in [-0.3, -0.25) is 0 Å². The maximum atomic E-state index is 3.94. The number of nitrogens with one attached hydrogen (secondary N) is 1. The molecule has 0 spiro atoms. The van der Waals surface area contributed by atoms with E-state index in [0.717, 1.165) is 13.1 Å². The molecule has 0 amide bonds. The van der Waals surface area contributed by atoms with Crippen molar-refractivity contribution in [1.82, 2.24) is 5.32 Å². The number of rotatable bonds is 6. The third-order valence-electron chi connectivity index (χ3n) is 1.62. The fourth-order valence-corrected chi connectivity index (χ4v) is 0.671. The van der Waals surface area contributed by atoms with E-state index in [9.17, 15) is 0 Å². The van der Waals surface area contributed by atoms with Gasteiger partial charge in [-0.15, -0.1) is 6.58 Å². The molecule has 0 bridgehead atoms. The molecule has 0 heterocycles. The number of allylic oxidation sites excluding steroid dienone is 2. The summed E-state index contributed by atoms with van der Waals surface area (Å²) >= 11 is 0. The molecule has 1 N–H and O–H groups in total. The Kier molecular flexibility index (Phi) is 6.39. The fraction of sp³-hybridized carbons (Fsp3) is 0.455. The lowest BCUT2D eigenvalue weighted by molar-refractivity contribution is 0.791. The molecule has 0 aromatic heterocycles. The monoisotopic (exact) mass is 165 g/mol. The van der Waals surface area contributed by atoms with Gasteiger partial charge in [-0.05, 0) is 5.92 Å². The van der Waals surface area contributed by atoms with E-state index in [1.165, 1.54) is 5.57 Å².